The normalized spacial score (nSPS) is 16.6. The van der Waals surface area contributed by atoms with Crippen LogP contribution < -0.4 is 0 Å². The summed E-state index contributed by atoms with van der Waals surface area (Å²) in [6.45, 7) is 2.85. The molecule has 1 amide bonds. The van der Waals surface area contributed by atoms with Crippen LogP contribution in [0.1, 0.15) is 30.1 Å². The number of aromatic nitrogens is 4. The van der Waals surface area contributed by atoms with Gasteiger partial charge in [-0.05, 0) is 41.1 Å². The standard InChI is InChI=1S/C14H17N5O2/c1-2-7-14(21)8-18(9-14)13(20)11-3-5-12(6-4-11)19-10-15-16-17-19/h3-6,10,21H,2,7-9H2,1H3. The highest BCUT2D eigenvalue weighted by atomic mass is 16.3. The maximum Gasteiger partial charge on any atom is 0.254 e. The summed E-state index contributed by atoms with van der Waals surface area (Å²) in [5.74, 6) is -0.0564. The first-order chi connectivity index (χ1) is 10.1. The van der Waals surface area contributed by atoms with Crippen molar-refractivity contribution in [3.05, 3.63) is 36.2 Å². The van der Waals surface area contributed by atoms with E-state index in [0.29, 0.717) is 18.7 Å². The second kappa shape index (κ2) is 5.25. The molecule has 0 atom stereocenters. The van der Waals surface area contributed by atoms with Crippen molar-refractivity contribution in [2.24, 2.45) is 0 Å². The zero-order valence-electron chi connectivity index (χ0n) is 11.8. The Bertz CT molecular complexity index is 617. The molecule has 1 fully saturated rings. The summed E-state index contributed by atoms with van der Waals surface area (Å²) in [6.07, 6.45) is 3.14. The molecule has 0 spiro atoms. The zero-order chi connectivity index (χ0) is 14.9. The fourth-order valence-corrected chi connectivity index (χ4v) is 2.65. The van der Waals surface area contributed by atoms with Crippen LogP contribution in [0.2, 0.25) is 0 Å². The molecule has 1 aliphatic heterocycles. The fourth-order valence-electron chi connectivity index (χ4n) is 2.65. The summed E-state index contributed by atoms with van der Waals surface area (Å²) >= 11 is 0. The number of hydrogen-bond donors (Lipinski definition) is 1. The highest BCUT2D eigenvalue weighted by molar-refractivity contribution is 5.95. The summed E-state index contributed by atoms with van der Waals surface area (Å²) in [5.41, 5.74) is 0.699. The quantitative estimate of drug-likeness (QED) is 0.892. The van der Waals surface area contributed by atoms with Gasteiger partial charge in [0.05, 0.1) is 24.4 Å². The molecular weight excluding hydrogens is 270 g/mol. The molecule has 1 N–H and O–H groups in total. The van der Waals surface area contributed by atoms with Gasteiger partial charge in [0, 0.05) is 5.56 Å². The molecule has 0 unspecified atom stereocenters. The lowest BCUT2D eigenvalue weighted by Gasteiger charge is -2.46. The Balaban J connectivity index is 1.67. The van der Waals surface area contributed by atoms with E-state index in [-0.39, 0.29) is 5.91 Å². The van der Waals surface area contributed by atoms with Crippen molar-refractivity contribution >= 4 is 5.91 Å². The third kappa shape index (κ3) is 2.64. The number of benzene rings is 1. The van der Waals surface area contributed by atoms with Crippen LogP contribution in [-0.4, -0.2) is 54.8 Å². The average molecular weight is 287 g/mol. The largest absolute Gasteiger partial charge is 0.386 e. The molecule has 7 nitrogen and oxygen atoms in total. The van der Waals surface area contributed by atoms with E-state index in [1.165, 1.54) is 11.0 Å². The third-order valence-corrected chi connectivity index (χ3v) is 3.70. The van der Waals surface area contributed by atoms with Gasteiger partial charge in [0.2, 0.25) is 0 Å². The summed E-state index contributed by atoms with van der Waals surface area (Å²) in [4.78, 5) is 14.0. The van der Waals surface area contributed by atoms with Crippen LogP contribution in [-0.2, 0) is 0 Å². The van der Waals surface area contributed by atoms with Crippen LogP contribution >= 0.6 is 0 Å². The number of likely N-dealkylation sites (tertiary alicyclic amines) is 1. The van der Waals surface area contributed by atoms with Crippen LogP contribution in [0.15, 0.2) is 30.6 Å². The van der Waals surface area contributed by atoms with E-state index in [2.05, 4.69) is 15.5 Å². The molecule has 2 aromatic rings. The topological polar surface area (TPSA) is 84.1 Å². The monoisotopic (exact) mass is 287 g/mol. The molecule has 1 saturated heterocycles. The molecule has 3 rings (SSSR count). The second-order valence-corrected chi connectivity index (χ2v) is 5.44. The number of nitrogens with zero attached hydrogens (tertiary/aromatic N) is 5. The maximum atomic E-state index is 12.3. The third-order valence-electron chi connectivity index (χ3n) is 3.70. The van der Waals surface area contributed by atoms with Gasteiger partial charge in [-0.1, -0.05) is 13.3 Å². The van der Waals surface area contributed by atoms with Crippen LogP contribution in [0.5, 0.6) is 0 Å². The van der Waals surface area contributed by atoms with Crippen molar-refractivity contribution in [1.29, 1.82) is 0 Å². The number of tetrazole rings is 1. The van der Waals surface area contributed by atoms with Gasteiger partial charge in [0.1, 0.15) is 6.33 Å². The molecule has 110 valence electrons. The number of carbonyl (C=O) groups is 1. The van der Waals surface area contributed by atoms with Gasteiger partial charge >= 0.3 is 0 Å². The van der Waals surface area contributed by atoms with Crippen LogP contribution in [0.3, 0.4) is 0 Å². The van der Waals surface area contributed by atoms with E-state index in [9.17, 15) is 9.90 Å². The lowest BCUT2D eigenvalue weighted by Crippen LogP contribution is -2.63. The number of rotatable bonds is 4. The molecule has 1 aliphatic rings. The summed E-state index contributed by atoms with van der Waals surface area (Å²) in [5, 5.41) is 21.1. The molecule has 0 radical (unpaired) electrons. The van der Waals surface area contributed by atoms with Crippen molar-refractivity contribution in [3.8, 4) is 5.69 Å². The molecular formula is C14H17N5O2. The molecule has 1 aromatic carbocycles. The number of aliphatic hydroxyl groups is 1. The van der Waals surface area contributed by atoms with Crippen LogP contribution in [0.25, 0.3) is 5.69 Å². The molecule has 21 heavy (non-hydrogen) atoms. The Morgan fingerprint density at radius 3 is 2.62 bits per heavy atom. The Labute approximate surface area is 122 Å². The van der Waals surface area contributed by atoms with Gasteiger partial charge < -0.3 is 10.0 Å². The molecule has 1 aromatic heterocycles. The molecule has 0 saturated carbocycles. The molecule has 0 bridgehead atoms. The van der Waals surface area contributed by atoms with E-state index in [4.69, 9.17) is 0 Å². The van der Waals surface area contributed by atoms with E-state index >= 15 is 0 Å². The van der Waals surface area contributed by atoms with Crippen molar-refractivity contribution in [3.63, 3.8) is 0 Å². The van der Waals surface area contributed by atoms with Crippen molar-refractivity contribution < 1.29 is 9.90 Å². The average Bonchev–Trinajstić information content (AvgIpc) is 2.98. The fraction of sp³-hybridized carbons (Fsp3) is 0.429. The van der Waals surface area contributed by atoms with E-state index in [1.54, 1.807) is 29.2 Å². The van der Waals surface area contributed by atoms with Crippen molar-refractivity contribution in [2.45, 2.75) is 25.4 Å². The Kier molecular flexibility index (Phi) is 3.42. The first-order valence-electron chi connectivity index (χ1n) is 6.96. The Morgan fingerprint density at radius 1 is 1.33 bits per heavy atom. The van der Waals surface area contributed by atoms with Gasteiger partial charge in [0.25, 0.3) is 5.91 Å². The molecule has 2 heterocycles. The SMILES string of the molecule is CCCC1(O)CN(C(=O)c2ccc(-n3cnnn3)cc2)C1. The van der Waals surface area contributed by atoms with Gasteiger partial charge in [-0.25, -0.2) is 4.68 Å². The smallest absolute Gasteiger partial charge is 0.254 e. The first-order valence-corrected chi connectivity index (χ1v) is 6.96. The maximum absolute atomic E-state index is 12.3. The Morgan fingerprint density at radius 2 is 2.05 bits per heavy atom. The van der Waals surface area contributed by atoms with Gasteiger partial charge in [-0.3, -0.25) is 4.79 Å². The highest BCUT2D eigenvalue weighted by Gasteiger charge is 2.42. The van der Waals surface area contributed by atoms with Crippen molar-refractivity contribution in [1.82, 2.24) is 25.1 Å². The van der Waals surface area contributed by atoms with Gasteiger partial charge in [-0.2, -0.15) is 0 Å². The summed E-state index contributed by atoms with van der Waals surface area (Å²) in [7, 11) is 0. The zero-order valence-corrected chi connectivity index (χ0v) is 11.8. The second-order valence-electron chi connectivity index (χ2n) is 5.44. The van der Waals surface area contributed by atoms with E-state index in [0.717, 1.165) is 18.5 Å². The summed E-state index contributed by atoms with van der Waals surface area (Å²) in [6, 6.07) is 7.08. The first kappa shape index (κ1) is 13.7. The predicted molar refractivity (Wildman–Crippen MR) is 74.9 cm³/mol. The number of hydrogen-bond acceptors (Lipinski definition) is 5. The number of amides is 1. The molecule has 7 heteroatoms. The minimum Gasteiger partial charge on any atom is -0.386 e. The summed E-state index contributed by atoms with van der Waals surface area (Å²) < 4.78 is 1.53. The van der Waals surface area contributed by atoms with Crippen LogP contribution in [0, 0.1) is 0 Å². The highest BCUT2D eigenvalue weighted by Crippen LogP contribution is 2.27. The minimum absolute atomic E-state index is 0.0564. The lowest BCUT2D eigenvalue weighted by atomic mass is 9.89. The molecule has 0 aliphatic carbocycles. The van der Waals surface area contributed by atoms with Gasteiger partial charge in [0.15, 0.2) is 0 Å². The van der Waals surface area contributed by atoms with Gasteiger partial charge in [-0.15, -0.1) is 5.10 Å². The Hall–Kier alpha value is -2.28. The van der Waals surface area contributed by atoms with E-state index in [1.807, 2.05) is 6.92 Å². The minimum atomic E-state index is -0.698. The van der Waals surface area contributed by atoms with E-state index < -0.39 is 5.60 Å². The lowest BCUT2D eigenvalue weighted by molar-refractivity contribution is -0.0860. The number of β-amino-alcohol motifs (C(OH)–C–C–N with tert-alkyl or cyclic N) is 1. The van der Waals surface area contributed by atoms with Crippen LogP contribution in [0.4, 0.5) is 0 Å². The number of carbonyl (C=O) groups excluding carboxylic acids is 1. The predicted octanol–water partition coefficient (Wildman–Crippen LogP) is 0.649. The van der Waals surface area contributed by atoms with Crippen molar-refractivity contribution in [2.75, 3.05) is 13.1 Å².